The Morgan fingerprint density at radius 2 is 0.891 bits per heavy atom. The van der Waals surface area contributed by atoms with Crippen molar-refractivity contribution in [3.8, 4) is 0 Å². The molecule has 1 amide bonds. The summed E-state index contributed by atoms with van der Waals surface area (Å²) in [5, 5.41) is 33.0. The van der Waals surface area contributed by atoms with Crippen LogP contribution in [0.15, 0.2) is 24.3 Å². The summed E-state index contributed by atoms with van der Waals surface area (Å²) >= 11 is 0. The Morgan fingerprint density at radius 3 is 1.33 bits per heavy atom. The monoisotopic (exact) mass is 650 g/mol. The molecule has 0 fully saturated rings. The minimum Gasteiger partial charge on any atom is -0.394 e. The number of amides is 1. The van der Waals surface area contributed by atoms with Crippen molar-refractivity contribution in [3.63, 3.8) is 0 Å². The van der Waals surface area contributed by atoms with Crippen LogP contribution in [-0.4, -0.2) is 46.1 Å². The largest absolute Gasteiger partial charge is 0.394 e. The molecule has 0 saturated heterocycles. The van der Waals surface area contributed by atoms with Crippen molar-refractivity contribution in [3.05, 3.63) is 24.3 Å². The third-order valence-corrected chi connectivity index (χ3v) is 9.29. The number of hydrogen-bond donors (Lipinski definition) is 4. The average Bonchev–Trinajstić information content (AvgIpc) is 3.06. The van der Waals surface area contributed by atoms with Crippen LogP contribution in [0.1, 0.15) is 206 Å². The Labute approximate surface area is 286 Å². The van der Waals surface area contributed by atoms with Gasteiger partial charge >= 0.3 is 0 Å². The molecule has 0 aliphatic heterocycles. The summed E-state index contributed by atoms with van der Waals surface area (Å²) < 4.78 is 0. The molecule has 0 aliphatic rings. The smallest absolute Gasteiger partial charge is 0.249 e. The lowest BCUT2D eigenvalue weighted by atomic mass is 10.0. The van der Waals surface area contributed by atoms with Gasteiger partial charge in [0.05, 0.1) is 18.8 Å². The van der Waals surface area contributed by atoms with Gasteiger partial charge in [0.2, 0.25) is 5.91 Å². The quantitative estimate of drug-likeness (QED) is 0.0401. The molecular formula is C41H79NO4. The van der Waals surface area contributed by atoms with E-state index in [1.165, 1.54) is 148 Å². The van der Waals surface area contributed by atoms with Gasteiger partial charge in [-0.25, -0.2) is 0 Å². The summed E-state index contributed by atoms with van der Waals surface area (Å²) in [7, 11) is 0. The van der Waals surface area contributed by atoms with Crippen LogP contribution in [0.3, 0.4) is 0 Å². The minimum atomic E-state index is -1.10. The molecule has 3 atom stereocenters. The van der Waals surface area contributed by atoms with E-state index in [2.05, 4.69) is 31.3 Å². The lowest BCUT2D eigenvalue weighted by Crippen LogP contribution is -2.48. The first kappa shape index (κ1) is 44.8. The fraction of sp³-hybridized carbons (Fsp3) is 0.878. The number of carbonyl (C=O) groups excluding carboxylic acids is 1. The summed E-state index contributed by atoms with van der Waals surface area (Å²) in [5.41, 5.74) is 0. The molecule has 272 valence electrons. The van der Waals surface area contributed by atoms with Crippen LogP contribution in [0.5, 0.6) is 0 Å². The number of allylic oxidation sites excluding steroid dienone is 3. The Hall–Kier alpha value is -1.17. The minimum absolute atomic E-state index is 0.373. The second kappa shape index (κ2) is 36.7. The molecule has 3 unspecified atom stereocenters. The van der Waals surface area contributed by atoms with Crippen molar-refractivity contribution < 1.29 is 20.1 Å². The molecule has 0 rings (SSSR count). The van der Waals surface area contributed by atoms with E-state index in [1.54, 1.807) is 6.08 Å². The molecule has 0 bridgehead atoms. The number of unbranched alkanes of at least 4 members (excludes halogenated alkanes) is 26. The third-order valence-electron chi connectivity index (χ3n) is 9.29. The topological polar surface area (TPSA) is 89.8 Å². The molecule has 0 heterocycles. The van der Waals surface area contributed by atoms with Crippen LogP contribution in [-0.2, 0) is 4.79 Å². The van der Waals surface area contributed by atoms with E-state index < -0.39 is 24.2 Å². The van der Waals surface area contributed by atoms with Crippen molar-refractivity contribution >= 4 is 5.91 Å². The molecule has 0 aliphatic carbocycles. The second-order valence-electron chi connectivity index (χ2n) is 13.8. The highest BCUT2D eigenvalue weighted by Crippen LogP contribution is 2.15. The number of aliphatic hydroxyl groups excluding tert-OH is 3. The van der Waals surface area contributed by atoms with Crippen LogP contribution in [0, 0.1) is 0 Å². The summed E-state index contributed by atoms with van der Waals surface area (Å²) in [6, 6.07) is -0.809. The average molecular weight is 650 g/mol. The summed E-state index contributed by atoms with van der Waals surface area (Å²) in [6.07, 6.45) is 43.4. The molecule has 4 N–H and O–H groups in total. The van der Waals surface area contributed by atoms with E-state index in [0.717, 1.165) is 38.5 Å². The van der Waals surface area contributed by atoms with Gasteiger partial charge in [0.15, 0.2) is 0 Å². The number of nitrogens with one attached hydrogen (secondary N) is 1. The first-order chi connectivity index (χ1) is 22.6. The molecular weight excluding hydrogens is 570 g/mol. The standard InChI is InChI=1S/C41H79NO4/c1-3-5-7-9-11-13-15-17-18-19-20-21-22-24-25-27-29-31-33-35-39(44)38(37-43)42-41(46)40(45)36-34-32-30-28-26-23-16-14-12-10-8-6-4-2/h25,27,33,35,38-40,43-45H,3-24,26,28-32,34,36-37H2,1-2H3,(H,42,46)/b27-25+,35-33+. The molecule has 5 heteroatoms. The SMILES string of the molecule is CCCCCCCCCCCCCCC/C=C/CC/C=C/C(O)C(CO)NC(=O)C(O)CCCCCCCCCCCCCCC. The van der Waals surface area contributed by atoms with Gasteiger partial charge in [0, 0.05) is 0 Å². The lowest BCUT2D eigenvalue weighted by Gasteiger charge is -2.21. The van der Waals surface area contributed by atoms with E-state index in [-0.39, 0.29) is 6.61 Å². The van der Waals surface area contributed by atoms with E-state index in [4.69, 9.17) is 0 Å². The maximum absolute atomic E-state index is 12.4. The van der Waals surface area contributed by atoms with E-state index in [0.29, 0.717) is 6.42 Å². The fourth-order valence-electron chi connectivity index (χ4n) is 6.08. The van der Waals surface area contributed by atoms with Gasteiger partial charge in [0.25, 0.3) is 0 Å². The fourth-order valence-corrected chi connectivity index (χ4v) is 6.08. The molecule has 0 saturated carbocycles. The first-order valence-electron chi connectivity index (χ1n) is 20.2. The van der Waals surface area contributed by atoms with E-state index in [1.807, 2.05) is 6.08 Å². The molecule has 0 aromatic heterocycles. The Balaban J connectivity index is 3.74. The Morgan fingerprint density at radius 1 is 0.522 bits per heavy atom. The Bertz CT molecular complexity index is 679. The molecule has 0 radical (unpaired) electrons. The van der Waals surface area contributed by atoms with Crippen molar-refractivity contribution in [2.75, 3.05) is 6.61 Å². The van der Waals surface area contributed by atoms with Crippen LogP contribution >= 0.6 is 0 Å². The van der Waals surface area contributed by atoms with Crippen LogP contribution in [0.25, 0.3) is 0 Å². The van der Waals surface area contributed by atoms with Gasteiger partial charge < -0.3 is 20.6 Å². The number of aliphatic hydroxyl groups is 3. The summed E-state index contributed by atoms with van der Waals surface area (Å²) in [5.74, 6) is -0.512. The Kier molecular flexibility index (Phi) is 35.7. The molecule has 5 nitrogen and oxygen atoms in total. The second-order valence-corrected chi connectivity index (χ2v) is 13.8. The predicted molar refractivity (Wildman–Crippen MR) is 199 cm³/mol. The molecule has 0 aromatic carbocycles. The van der Waals surface area contributed by atoms with Gasteiger partial charge in [-0.2, -0.15) is 0 Å². The zero-order valence-corrected chi connectivity index (χ0v) is 30.7. The highest BCUT2D eigenvalue weighted by atomic mass is 16.3. The maximum Gasteiger partial charge on any atom is 0.249 e. The molecule has 46 heavy (non-hydrogen) atoms. The molecule has 0 spiro atoms. The van der Waals surface area contributed by atoms with Gasteiger partial charge in [-0.1, -0.05) is 199 Å². The zero-order chi connectivity index (χ0) is 33.8. The zero-order valence-electron chi connectivity index (χ0n) is 30.7. The summed E-state index contributed by atoms with van der Waals surface area (Å²) in [4.78, 5) is 12.4. The summed E-state index contributed by atoms with van der Waals surface area (Å²) in [6.45, 7) is 4.16. The first-order valence-corrected chi connectivity index (χ1v) is 20.2. The van der Waals surface area contributed by atoms with E-state index >= 15 is 0 Å². The predicted octanol–water partition coefficient (Wildman–Crippen LogP) is 11.0. The van der Waals surface area contributed by atoms with Crippen LogP contribution in [0.2, 0.25) is 0 Å². The lowest BCUT2D eigenvalue weighted by molar-refractivity contribution is -0.131. The van der Waals surface area contributed by atoms with Crippen LogP contribution < -0.4 is 5.32 Å². The number of carbonyl (C=O) groups is 1. The van der Waals surface area contributed by atoms with Crippen molar-refractivity contribution in [2.24, 2.45) is 0 Å². The highest BCUT2D eigenvalue weighted by molar-refractivity contribution is 5.80. The van der Waals surface area contributed by atoms with Gasteiger partial charge in [0.1, 0.15) is 6.10 Å². The normalized spacial score (nSPS) is 13.9. The highest BCUT2D eigenvalue weighted by Gasteiger charge is 2.22. The van der Waals surface area contributed by atoms with Crippen LogP contribution in [0.4, 0.5) is 0 Å². The van der Waals surface area contributed by atoms with Gasteiger partial charge in [-0.3, -0.25) is 4.79 Å². The third kappa shape index (κ3) is 31.4. The van der Waals surface area contributed by atoms with Crippen molar-refractivity contribution in [1.82, 2.24) is 5.32 Å². The molecule has 0 aromatic rings. The van der Waals surface area contributed by atoms with Crippen molar-refractivity contribution in [2.45, 2.75) is 225 Å². The van der Waals surface area contributed by atoms with Gasteiger partial charge in [-0.05, 0) is 32.1 Å². The number of rotatable bonds is 36. The van der Waals surface area contributed by atoms with Gasteiger partial charge in [-0.15, -0.1) is 0 Å². The van der Waals surface area contributed by atoms with Crippen molar-refractivity contribution in [1.29, 1.82) is 0 Å². The number of hydrogen-bond acceptors (Lipinski definition) is 4. The van der Waals surface area contributed by atoms with E-state index in [9.17, 15) is 20.1 Å². The maximum atomic E-state index is 12.4.